The molecule has 0 bridgehead atoms. The van der Waals surface area contributed by atoms with Crippen LogP contribution < -0.4 is 14.4 Å². The number of rotatable bonds is 8. The first-order chi connectivity index (χ1) is 11.8. The van der Waals surface area contributed by atoms with E-state index < -0.39 is 10.1 Å². The molecule has 7 heteroatoms. The molecule has 0 saturated carbocycles. The Kier molecular flexibility index (Phi) is 7.25. The molecular weight excluding hydrogens is 340 g/mol. The first-order valence-corrected chi connectivity index (χ1v) is 10.8. The molecule has 1 saturated heterocycles. The summed E-state index contributed by atoms with van der Waals surface area (Å²) in [5.74, 6) is -0.0385. The number of nitrogens with one attached hydrogen (secondary N) is 2. The Labute approximate surface area is 150 Å². The molecule has 2 rings (SSSR count). The van der Waals surface area contributed by atoms with Crippen molar-refractivity contribution in [2.75, 3.05) is 32.4 Å². The zero-order chi connectivity index (χ0) is 18.3. The molecular formula is C18H29N2O4S+. The predicted molar refractivity (Wildman–Crippen MR) is 97.4 cm³/mol. The minimum absolute atomic E-state index is 0.00887. The number of benzene rings is 1. The van der Waals surface area contributed by atoms with Crippen LogP contribution >= 0.6 is 0 Å². The molecule has 0 spiro atoms. The zero-order valence-corrected chi connectivity index (χ0v) is 15.9. The highest BCUT2D eigenvalue weighted by atomic mass is 32.2. The molecule has 6 nitrogen and oxygen atoms in total. The molecule has 0 aliphatic carbocycles. The second kappa shape index (κ2) is 9.20. The lowest BCUT2D eigenvalue weighted by Gasteiger charge is -2.23. The zero-order valence-electron chi connectivity index (χ0n) is 15.1. The number of quaternary nitrogens is 1. The van der Waals surface area contributed by atoms with Gasteiger partial charge in [-0.1, -0.05) is 12.1 Å². The standard InChI is InChI=1S/C18H28N2O4S/c1-15(16-7-9-17(10-8-16)24-25(2,22)23)18(21)19-11-6-14-20-12-4-3-5-13-20/h7-10,15H,3-6,11-14H2,1-2H3,(H,19,21)/p+1/t15-/m1/s1. The van der Waals surface area contributed by atoms with E-state index in [1.165, 1.54) is 32.4 Å². The third-order valence-electron chi connectivity index (χ3n) is 4.59. The first-order valence-electron chi connectivity index (χ1n) is 8.96. The smallest absolute Gasteiger partial charge is 0.306 e. The van der Waals surface area contributed by atoms with Crippen LogP contribution in [0.3, 0.4) is 0 Å². The van der Waals surface area contributed by atoms with Gasteiger partial charge in [0, 0.05) is 13.0 Å². The van der Waals surface area contributed by atoms with Gasteiger partial charge < -0.3 is 14.4 Å². The number of carbonyl (C=O) groups excluding carboxylic acids is 1. The third-order valence-corrected chi connectivity index (χ3v) is 5.08. The van der Waals surface area contributed by atoms with Crippen molar-refractivity contribution in [2.24, 2.45) is 0 Å². The molecule has 1 aromatic carbocycles. The number of hydrogen-bond acceptors (Lipinski definition) is 4. The van der Waals surface area contributed by atoms with Crippen LogP contribution in [0.25, 0.3) is 0 Å². The molecule has 1 atom stereocenters. The van der Waals surface area contributed by atoms with Gasteiger partial charge in [0.25, 0.3) is 0 Å². The van der Waals surface area contributed by atoms with Crippen molar-refractivity contribution in [3.8, 4) is 5.75 Å². The number of piperidine rings is 1. The van der Waals surface area contributed by atoms with E-state index in [2.05, 4.69) is 5.32 Å². The molecule has 0 unspecified atom stereocenters. The van der Waals surface area contributed by atoms with Gasteiger partial charge in [-0.2, -0.15) is 8.42 Å². The van der Waals surface area contributed by atoms with Gasteiger partial charge in [0.1, 0.15) is 5.75 Å². The van der Waals surface area contributed by atoms with Crippen molar-refractivity contribution in [3.05, 3.63) is 29.8 Å². The minimum Gasteiger partial charge on any atom is -0.383 e. The fourth-order valence-corrected chi connectivity index (χ4v) is 3.60. The summed E-state index contributed by atoms with van der Waals surface area (Å²) in [6, 6.07) is 6.59. The number of likely N-dealkylation sites (tertiary alicyclic amines) is 1. The van der Waals surface area contributed by atoms with E-state index in [1.807, 2.05) is 6.92 Å². The summed E-state index contributed by atoms with van der Waals surface area (Å²) in [5, 5.41) is 2.99. The average Bonchev–Trinajstić information content (AvgIpc) is 2.58. The lowest BCUT2D eigenvalue weighted by molar-refractivity contribution is -0.904. The van der Waals surface area contributed by atoms with Gasteiger partial charge in [-0.05, 0) is 43.9 Å². The summed E-state index contributed by atoms with van der Waals surface area (Å²) in [7, 11) is -3.53. The Hall–Kier alpha value is -1.60. The van der Waals surface area contributed by atoms with E-state index in [0.29, 0.717) is 6.54 Å². The van der Waals surface area contributed by atoms with Crippen LogP contribution in [0.4, 0.5) is 0 Å². The van der Waals surface area contributed by atoms with Crippen molar-refractivity contribution < 1.29 is 22.3 Å². The van der Waals surface area contributed by atoms with Crippen molar-refractivity contribution >= 4 is 16.0 Å². The van der Waals surface area contributed by atoms with Crippen molar-refractivity contribution in [2.45, 2.75) is 38.5 Å². The Morgan fingerprint density at radius 1 is 1.20 bits per heavy atom. The molecule has 1 fully saturated rings. The molecule has 1 heterocycles. The maximum Gasteiger partial charge on any atom is 0.306 e. The number of carbonyl (C=O) groups is 1. The van der Waals surface area contributed by atoms with Gasteiger partial charge in [-0.15, -0.1) is 0 Å². The molecule has 0 radical (unpaired) electrons. The van der Waals surface area contributed by atoms with Crippen LogP contribution in [0, 0.1) is 0 Å². The van der Waals surface area contributed by atoms with E-state index in [0.717, 1.165) is 24.8 Å². The fraction of sp³-hybridized carbons (Fsp3) is 0.611. The fourth-order valence-electron chi connectivity index (χ4n) is 3.14. The summed E-state index contributed by atoms with van der Waals surface area (Å²) in [6.07, 6.45) is 5.98. The Morgan fingerprint density at radius 2 is 1.84 bits per heavy atom. The maximum atomic E-state index is 12.3. The lowest BCUT2D eigenvalue weighted by atomic mass is 10.0. The summed E-state index contributed by atoms with van der Waals surface area (Å²) in [4.78, 5) is 13.9. The molecule has 0 aromatic heterocycles. The average molecular weight is 370 g/mol. The second-order valence-electron chi connectivity index (χ2n) is 6.78. The first kappa shape index (κ1) is 19.7. The molecule has 1 aromatic rings. The van der Waals surface area contributed by atoms with E-state index in [4.69, 9.17) is 4.18 Å². The molecule has 1 amide bonds. The van der Waals surface area contributed by atoms with E-state index in [1.54, 1.807) is 29.2 Å². The third kappa shape index (κ3) is 7.04. The van der Waals surface area contributed by atoms with Crippen LogP contribution in [-0.2, 0) is 14.9 Å². The van der Waals surface area contributed by atoms with Crippen LogP contribution in [0.5, 0.6) is 5.75 Å². The maximum absolute atomic E-state index is 12.3. The Balaban J connectivity index is 1.75. The Bertz CT molecular complexity index is 652. The van der Waals surface area contributed by atoms with Gasteiger partial charge in [0.15, 0.2) is 0 Å². The van der Waals surface area contributed by atoms with Gasteiger partial charge in [0.2, 0.25) is 5.91 Å². The van der Waals surface area contributed by atoms with Crippen molar-refractivity contribution in [1.82, 2.24) is 5.32 Å². The van der Waals surface area contributed by atoms with Crippen LogP contribution in [-0.4, -0.2) is 46.8 Å². The molecule has 1 aliphatic heterocycles. The monoisotopic (exact) mass is 369 g/mol. The summed E-state index contributed by atoms with van der Waals surface area (Å²) < 4.78 is 27.0. The number of amides is 1. The SMILES string of the molecule is C[C@@H](C(=O)NCCC[NH+]1CCCCC1)c1ccc(OS(C)(=O)=O)cc1. The topological polar surface area (TPSA) is 76.9 Å². The highest BCUT2D eigenvalue weighted by Gasteiger charge is 2.16. The minimum atomic E-state index is -3.53. The summed E-state index contributed by atoms with van der Waals surface area (Å²) >= 11 is 0. The summed E-state index contributed by atoms with van der Waals surface area (Å²) in [6.45, 7) is 6.17. The quantitative estimate of drug-likeness (QED) is 0.522. The van der Waals surface area contributed by atoms with E-state index >= 15 is 0 Å². The van der Waals surface area contributed by atoms with Crippen molar-refractivity contribution in [3.63, 3.8) is 0 Å². The molecule has 1 aliphatic rings. The van der Waals surface area contributed by atoms with Gasteiger partial charge >= 0.3 is 10.1 Å². The summed E-state index contributed by atoms with van der Waals surface area (Å²) in [5.41, 5.74) is 0.833. The van der Waals surface area contributed by atoms with Crippen molar-refractivity contribution in [1.29, 1.82) is 0 Å². The lowest BCUT2D eigenvalue weighted by Crippen LogP contribution is -3.12. The largest absolute Gasteiger partial charge is 0.383 e. The van der Waals surface area contributed by atoms with Crippen LogP contribution in [0.2, 0.25) is 0 Å². The van der Waals surface area contributed by atoms with Gasteiger partial charge in [0.05, 0.1) is 31.8 Å². The molecule has 25 heavy (non-hydrogen) atoms. The van der Waals surface area contributed by atoms with E-state index in [-0.39, 0.29) is 17.6 Å². The van der Waals surface area contributed by atoms with E-state index in [9.17, 15) is 13.2 Å². The highest BCUT2D eigenvalue weighted by molar-refractivity contribution is 7.86. The highest BCUT2D eigenvalue weighted by Crippen LogP contribution is 2.20. The van der Waals surface area contributed by atoms with Gasteiger partial charge in [-0.25, -0.2) is 0 Å². The number of hydrogen-bond donors (Lipinski definition) is 2. The molecule has 2 N–H and O–H groups in total. The van der Waals surface area contributed by atoms with Gasteiger partial charge in [-0.3, -0.25) is 4.79 Å². The Morgan fingerprint density at radius 3 is 2.44 bits per heavy atom. The van der Waals surface area contributed by atoms with Crippen LogP contribution in [0.15, 0.2) is 24.3 Å². The predicted octanol–water partition coefficient (Wildman–Crippen LogP) is 0.704. The second-order valence-corrected chi connectivity index (χ2v) is 8.36. The molecule has 140 valence electrons. The van der Waals surface area contributed by atoms with Crippen LogP contribution in [0.1, 0.15) is 44.1 Å². The normalized spacial score (nSPS) is 17.0.